The SMILES string of the molecule is CCOc1cc(Nc2cccc(C(=O)OC)c2C(=O)OC)ccc1OC. The molecule has 0 aliphatic carbocycles. The smallest absolute Gasteiger partial charge is 0.340 e. The second-order valence-electron chi connectivity index (χ2n) is 5.13. The van der Waals surface area contributed by atoms with E-state index in [1.54, 1.807) is 37.4 Å². The number of rotatable bonds is 7. The van der Waals surface area contributed by atoms with E-state index in [0.717, 1.165) is 0 Å². The average molecular weight is 359 g/mol. The zero-order valence-electron chi connectivity index (χ0n) is 15.1. The second kappa shape index (κ2) is 8.75. The van der Waals surface area contributed by atoms with Gasteiger partial charge in [-0.3, -0.25) is 0 Å². The normalized spacial score (nSPS) is 10.0. The predicted molar refractivity (Wildman–Crippen MR) is 96.6 cm³/mol. The van der Waals surface area contributed by atoms with Crippen LogP contribution in [0, 0.1) is 0 Å². The number of anilines is 2. The van der Waals surface area contributed by atoms with Crippen LogP contribution in [0.5, 0.6) is 11.5 Å². The summed E-state index contributed by atoms with van der Waals surface area (Å²) in [5.41, 5.74) is 1.27. The molecular formula is C19H21NO6. The third kappa shape index (κ3) is 4.05. The zero-order valence-corrected chi connectivity index (χ0v) is 15.1. The van der Waals surface area contributed by atoms with Gasteiger partial charge in [0.05, 0.1) is 44.8 Å². The maximum atomic E-state index is 12.2. The van der Waals surface area contributed by atoms with Gasteiger partial charge in [-0.15, -0.1) is 0 Å². The van der Waals surface area contributed by atoms with Crippen LogP contribution >= 0.6 is 0 Å². The van der Waals surface area contributed by atoms with Crippen LogP contribution in [0.25, 0.3) is 0 Å². The number of hydrogen-bond acceptors (Lipinski definition) is 7. The first-order valence-corrected chi connectivity index (χ1v) is 7.93. The third-order valence-corrected chi connectivity index (χ3v) is 3.60. The summed E-state index contributed by atoms with van der Waals surface area (Å²) in [6.07, 6.45) is 0. The van der Waals surface area contributed by atoms with Crippen molar-refractivity contribution in [2.45, 2.75) is 6.92 Å². The molecule has 1 N–H and O–H groups in total. The van der Waals surface area contributed by atoms with E-state index in [2.05, 4.69) is 5.32 Å². The molecule has 7 nitrogen and oxygen atoms in total. The molecule has 0 unspecified atom stereocenters. The molecule has 0 radical (unpaired) electrons. The molecule has 0 saturated heterocycles. The van der Waals surface area contributed by atoms with Crippen LogP contribution in [0.2, 0.25) is 0 Å². The molecule has 0 aliphatic rings. The first-order chi connectivity index (χ1) is 12.5. The Hall–Kier alpha value is -3.22. The average Bonchev–Trinajstić information content (AvgIpc) is 2.67. The molecule has 0 aromatic heterocycles. The molecule has 26 heavy (non-hydrogen) atoms. The van der Waals surface area contributed by atoms with Gasteiger partial charge in [-0.2, -0.15) is 0 Å². The van der Waals surface area contributed by atoms with E-state index in [0.29, 0.717) is 29.5 Å². The molecule has 2 aromatic rings. The van der Waals surface area contributed by atoms with Crippen molar-refractivity contribution in [2.75, 3.05) is 33.3 Å². The van der Waals surface area contributed by atoms with E-state index < -0.39 is 11.9 Å². The van der Waals surface area contributed by atoms with Gasteiger partial charge in [-0.05, 0) is 31.2 Å². The fourth-order valence-electron chi connectivity index (χ4n) is 2.44. The van der Waals surface area contributed by atoms with Gasteiger partial charge < -0.3 is 24.3 Å². The summed E-state index contributed by atoms with van der Waals surface area (Å²) in [6.45, 7) is 2.35. The van der Waals surface area contributed by atoms with Crippen molar-refractivity contribution in [3.63, 3.8) is 0 Å². The lowest BCUT2D eigenvalue weighted by molar-refractivity contribution is 0.0556. The Morgan fingerprint density at radius 3 is 2.31 bits per heavy atom. The zero-order chi connectivity index (χ0) is 19.1. The molecule has 0 atom stereocenters. The molecule has 0 saturated carbocycles. The minimum absolute atomic E-state index is 0.0932. The number of hydrogen-bond donors (Lipinski definition) is 1. The highest BCUT2D eigenvalue weighted by molar-refractivity contribution is 6.07. The minimum Gasteiger partial charge on any atom is -0.493 e. The number of esters is 2. The topological polar surface area (TPSA) is 83.1 Å². The summed E-state index contributed by atoms with van der Waals surface area (Å²) < 4.78 is 20.4. The lowest BCUT2D eigenvalue weighted by Crippen LogP contribution is -2.14. The highest BCUT2D eigenvalue weighted by atomic mass is 16.5. The fraction of sp³-hybridized carbons (Fsp3) is 0.263. The first-order valence-electron chi connectivity index (χ1n) is 7.93. The molecule has 2 aromatic carbocycles. The Balaban J connectivity index is 2.48. The van der Waals surface area contributed by atoms with Gasteiger partial charge in [0, 0.05) is 11.8 Å². The van der Waals surface area contributed by atoms with Gasteiger partial charge in [0.25, 0.3) is 0 Å². The second-order valence-corrected chi connectivity index (χ2v) is 5.13. The van der Waals surface area contributed by atoms with Crippen LogP contribution in [-0.2, 0) is 9.47 Å². The van der Waals surface area contributed by atoms with Crippen molar-refractivity contribution in [1.82, 2.24) is 0 Å². The standard InChI is InChI=1S/C19H21NO6/c1-5-26-16-11-12(9-10-15(16)23-2)20-14-8-6-7-13(18(21)24-3)17(14)19(22)25-4/h6-11,20H,5H2,1-4H3. The molecule has 0 bridgehead atoms. The Morgan fingerprint density at radius 2 is 1.69 bits per heavy atom. The molecule has 0 aliphatic heterocycles. The minimum atomic E-state index is -0.646. The van der Waals surface area contributed by atoms with Crippen molar-refractivity contribution >= 4 is 23.3 Å². The number of benzene rings is 2. The van der Waals surface area contributed by atoms with Crippen LogP contribution in [0.4, 0.5) is 11.4 Å². The van der Waals surface area contributed by atoms with Crippen LogP contribution in [0.15, 0.2) is 36.4 Å². The Bertz CT molecular complexity index is 803. The third-order valence-electron chi connectivity index (χ3n) is 3.60. The Kier molecular flexibility index (Phi) is 6.43. The van der Waals surface area contributed by atoms with E-state index in [1.807, 2.05) is 6.92 Å². The molecule has 0 fully saturated rings. The summed E-state index contributed by atoms with van der Waals surface area (Å²) in [6, 6.07) is 10.1. The van der Waals surface area contributed by atoms with Gasteiger partial charge in [-0.25, -0.2) is 9.59 Å². The molecule has 138 valence electrons. The van der Waals surface area contributed by atoms with Gasteiger partial charge in [0.1, 0.15) is 0 Å². The van der Waals surface area contributed by atoms with E-state index in [4.69, 9.17) is 18.9 Å². The fourth-order valence-corrected chi connectivity index (χ4v) is 2.44. The molecule has 7 heteroatoms. The van der Waals surface area contributed by atoms with E-state index in [-0.39, 0.29) is 11.1 Å². The molecule has 0 amide bonds. The van der Waals surface area contributed by atoms with Crippen LogP contribution in [-0.4, -0.2) is 39.9 Å². The lowest BCUT2D eigenvalue weighted by Gasteiger charge is -2.15. The van der Waals surface area contributed by atoms with Crippen LogP contribution in [0.1, 0.15) is 27.6 Å². The maximum Gasteiger partial charge on any atom is 0.340 e. The Labute approximate surface area is 151 Å². The van der Waals surface area contributed by atoms with E-state index >= 15 is 0 Å². The highest BCUT2D eigenvalue weighted by Crippen LogP contribution is 2.33. The van der Waals surface area contributed by atoms with E-state index in [9.17, 15) is 9.59 Å². The molecule has 0 heterocycles. The van der Waals surface area contributed by atoms with Gasteiger partial charge >= 0.3 is 11.9 Å². The quantitative estimate of drug-likeness (QED) is 0.759. The van der Waals surface area contributed by atoms with Gasteiger partial charge in [0.15, 0.2) is 11.5 Å². The first kappa shape index (κ1) is 19.1. The van der Waals surface area contributed by atoms with Crippen molar-refractivity contribution in [3.05, 3.63) is 47.5 Å². The summed E-state index contributed by atoms with van der Waals surface area (Å²) in [7, 11) is 4.06. The molecular weight excluding hydrogens is 338 g/mol. The van der Waals surface area contributed by atoms with Crippen molar-refractivity contribution in [2.24, 2.45) is 0 Å². The number of ether oxygens (including phenoxy) is 4. The number of carbonyl (C=O) groups is 2. The van der Waals surface area contributed by atoms with E-state index in [1.165, 1.54) is 20.3 Å². The highest BCUT2D eigenvalue weighted by Gasteiger charge is 2.22. The monoisotopic (exact) mass is 359 g/mol. The largest absolute Gasteiger partial charge is 0.493 e. The maximum absolute atomic E-state index is 12.2. The van der Waals surface area contributed by atoms with Crippen molar-refractivity contribution in [3.8, 4) is 11.5 Å². The lowest BCUT2D eigenvalue weighted by atomic mass is 10.0. The summed E-state index contributed by atoms with van der Waals surface area (Å²) in [5.74, 6) is -0.122. The summed E-state index contributed by atoms with van der Waals surface area (Å²) in [4.78, 5) is 24.2. The number of methoxy groups -OCH3 is 3. The number of nitrogens with one attached hydrogen (secondary N) is 1. The summed E-state index contributed by atoms with van der Waals surface area (Å²) in [5, 5.41) is 3.11. The van der Waals surface area contributed by atoms with Gasteiger partial charge in [0.2, 0.25) is 0 Å². The summed E-state index contributed by atoms with van der Waals surface area (Å²) >= 11 is 0. The van der Waals surface area contributed by atoms with Crippen molar-refractivity contribution < 1.29 is 28.5 Å². The number of carbonyl (C=O) groups excluding carboxylic acids is 2. The van der Waals surface area contributed by atoms with Crippen molar-refractivity contribution in [1.29, 1.82) is 0 Å². The Morgan fingerprint density at radius 1 is 0.962 bits per heavy atom. The van der Waals surface area contributed by atoms with Gasteiger partial charge in [-0.1, -0.05) is 6.07 Å². The molecule has 0 spiro atoms. The van der Waals surface area contributed by atoms with Crippen LogP contribution in [0.3, 0.4) is 0 Å². The molecule has 2 rings (SSSR count). The van der Waals surface area contributed by atoms with Crippen LogP contribution < -0.4 is 14.8 Å². The predicted octanol–water partition coefficient (Wildman–Crippen LogP) is 3.41.